The summed E-state index contributed by atoms with van der Waals surface area (Å²) in [5, 5.41) is 8.13. The van der Waals surface area contributed by atoms with Crippen molar-refractivity contribution < 1.29 is 9.53 Å². The maximum atomic E-state index is 13.3. The summed E-state index contributed by atoms with van der Waals surface area (Å²) in [4.78, 5) is 18.5. The van der Waals surface area contributed by atoms with Crippen LogP contribution in [0.4, 0.5) is 0 Å². The molecule has 1 aliphatic rings. The molecule has 6 nitrogen and oxygen atoms in total. The van der Waals surface area contributed by atoms with Crippen LogP contribution in [0.15, 0.2) is 30.6 Å². The van der Waals surface area contributed by atoms with Gasteiger partial charge < -0.3 is 14.6 Å². The highest BCUT2D eigenvalue weighted by Gasteiger charge is 2.31. The third-order valence-electron chi connectivity index (χ3n) is 5.08. The number of nitrogens with one attached hydrogen (secondary N) is 2. The number of aromatic nitrogens is 3. The van der Waals surface area contributed by atoms with E-state index in [0.29, 0.717) is 5.56 Å². The topological polar surface area (TPSA) is 74.0 Å². The van der Waals surface area contributed by atoms with Crippen LogP contribution in [0.25, 0.3) is 10.9 Å². The molecule has 0 bridgehead atoms. The summed E-state index contributed by atoms with van der Waals surface area (Å²) in [6, 6.07) is 5.81. The van der Waals surface area contributed by atoms with Gasteiger partial charge in [0, 0.05) is 23.6 Å². The van der Waals surface area contributed by atoms with Crippen LogP contribution in [0, 0.1) is 6.92 Å². The van der Waals surface area contributed by atoms with Crippen LogP contribution < -0.4 is 4.74 Å². The predicted molar refractivity (Wildman–Crippen MR) is 95.8 cm³/mol. The van der Waals surface area contributed by atoms with Crippen LogP contribution in [0.5, 0.6) is 5.75 Å². The number of benzene rings is 1. The lowest BCUT2D eigenvalue weighted by molar-refractivity contribution is 0.0607. The summed E-state index contributed by atoms with van der Waals surface area (Å²) < 4.78 is 5.32. The standard InChI is InChI=1S/C19H22N4O2/c1-12-10-21-22-18(12)17-5-3-4-8-23(17)19(24)15-11-20-16-7-6-13(25-2)9-14(15)16/h6-7,9-11,17,20H,3-5,8H2,1-2H3,(H,21,22)/t17-/m1/s1. The zero-order chi connectivity index (χ0) is 17.4. The van der Waals surface area contributed by atoms with E-state index in [1.807, 2.05) is 36.2 Å². The Labute approximate surface area is 146 Å². The summed E-state index contributed by atoms with van der Waals surface area (Å²) in [6.07, 6.45) is 6.73. The van der Waals surface area contributed by atoms with E-state index in [0.717, 1.165) is 53.7 Å². The first kappa shape index (κ1) is 15.7. The minimum Gasteiger partial charge on any atom is -0.497 e. The highest BCUT2D eigenvalue weighted by atomic mass is 16.5. The second-order valence-electron chi connectivity index (χ2n) is 6.59. The number of H-pyrrole nitrogens is 2. The second kappa shape index (κ2) is 6.27. The number of carbonyl (C=O) groups is 1. The first-order valence-corrected chi connectivity index (χ1v) is 8.65. The average molecular weight is 338 g/mol. The number of carbonyl (C=O) groups excluding carboxylic acids is 1. The molecule has 130 valence electrons. The summed E-state index contributed by atoms with van der Waals surface area (Å²) in [5.74, 6) is 0.805. The number of amides is 1. The zero-order valence-corrected chi connectivity index (χ0v) is 14.5. The van der Waals surface area contributed by atoms with Gasteiger partial charge in [0.25, 0.3) is 5.91 Å². The van der Waals surface area contributed by atoms with E-state index in [2.05, 4.69) is 15.2 Å². The second-order valence-corrected chi connectivity index (χ2v) is 6.59. The first-order valence-electron chi connectivity index (χ1n) is 8.65. The largest absolute Gasteiger partial charge is 0.497 e. The molecule has 4 rings (SSSR count). The van der Waals surface area contributed by atoms with E-state index in [4.69, 9.17) is 4.74 Å². The molecule has 25 heavy (non-hydrogen) atoms. The number of aromatic amines is 2. The fraction of sp³-hybridized carbons (Fsp3) is 0.368. The number of rotatable bonds is 3. The number of nitrogens with zero attached hydrogens (tertiary/aromatic N) is 2. The summed E-state index contributed by atoms with van der Waals surface area (Å²) in [5.41, 5.74) is 3.78. The first-order chi connectivity index (χ1) is 12.2. The monoisotopic (exact) mass is 338 g/mol. The lowest BCUT2D eigenvalue weighted by atomic mass is 9.96. The maximum absolute atomic E-state index is 13.3. The summed E-state index contributed by atoms with van der Waals surface area (Å²) in [7, 11) is 1.64. The van der Waals surface area contributed by atoms with Crippen molar-refractivity contribution in [2.75, 3.05) is 13.7 Å². The fourth-order valence-electron chi connectivity index (χ4n) is 3.73. The van der Waals surface area contributed by atoms with Crippen molar-refractivity contribution in [3.8, 4) is 5.75 Å². The van der Waals surface area contributed by atoms with E-state index < -0.39 is 0 Å². The van der Waals surface area contributed by atoms with Gasteiger partial charge in [-0.05, 0) is 49.9 Å². The van der Waals surface area contributed by atoms with E-state index in [-0.39, 0.29) is 11.9 Å². The van der Waals surface area contributed by atoms with Crippen LogP contribution >= 0.6 is 0 Å². The number of ether oxygens (including phenoxy) is 1. The number of piperidine rings is 1. The van der Waals surface area contributed by atoms with E-state index in [1.165, 1.54) is 0 Å². The molecule has 1 aromatic carbocycles. The molecule has 3 heterocycles. The van der Waals surface area contributed by atoms with Crippen LogP contribution in [0.3, 0.4) is 0 Å². The Morgan fingerprint density at radius 1 is 1.36 bits per heavy atom. The van der Waals surface area contributed by atoms with Gasteiger partial charge in [-0.1, -0.05) is 0 Å². The molecular formula is C19H22N4O2. The van der Waals surface area contributed by atoms with Gasteiger partial charge in [-0.2, -0.15) is 5.10 Å². The predicted octanol–water partition coefficient (Wildman–Crippen LogP) is 3.58. The van der Waals surface area contributed by atoms with Crippen molar-refractivity contribution in [1.82, 2.24) is 20.1 Å². The molecule has 6 heteroatoms. The molecule has 1 aliphatic heterocycles. The van der Waals surface area contributed by atoms with Gasteiger partial charge in [0.15, 0.2) is 0 Å². The molecule has 2 N–H and O–H groups in total. The van der Waals surface area contributed by atoms with E-state index >= 15 is 0 Å². The third-order valence-corrected chi connectivity index (χ3v) is 5.08. The van der Waals surface area contributed by atoms with Gasteiger partial charge in [0.05, 0.1) is 30.6 Å². The van der Waals surface area contributed by atoms with Crippen molar-refractivity contribution in [2.24, 2.45) is 0 Å². The van der Waals surface area contributed by atoms with Crippen LogP contribution in [0.2, 0.25) is 0 Å². The lowest BCUT2D eigenvalue weighted by Crippen LogP contribution is -2.38. The van der Waals surface area contributed by atoms with Gasteiger partial charge in [-0.25, -0.2) is 0 Å². The molecule has 0 aliphatic carbocycles. The summed E-state index contributed by atoms with van der Waals surface area (Å²) in [6.45, 7) is 2.80. The van der Waals surface area contributed by atoms with Crippen molar-refractivity contribution in [1.29, 1.82) is 0 Å². The van der Waals surface area contributed by atoms with Crippen LogP contribution in [-0.2, 0) is 0 Å². The highest BCUT2D eigenvalue weighted by molar-refractivity contribution is 6.07. The molecule has 0 unspecified atom stereocenters. The molecule has 0 radical (unpaired) electrons. The minimum absolute atomic E-state index is 0.0539. The number of likely N-dealkylation sites (tertiary alicyclic amines) is 1. The van der Waals surface area contributed by atoms with Crippen molar-refractivity contribution in [3.05, 3.63) is 47.4 Å². The van der Waals surface area contributed by atoms with Crippen LogP contribution in [-0.4, -0.2) is 39.6 Å². The Kier molecular flexibility index (Phi) is 3.95. The van der Waals surface area contributed by atoms with E-state index in [9.17, 15) is 4.79 Å². The highest BCUT2D eigenvalue weighted by Crippen LogP contribution is 2.34. The smallest absolute Gasteiger partial charge is 0.256 e. The maximum Gasteiger partial charge on any atom is 0.256 e. The van der Waals surface area contributed by atoms with Gasteiger partial charge >= 0.3 is 0 Å². The SMILES string of the molecule is COc1ccc2[nH]cc(C(=O)N3CCCC[C@@H]3c3[nH]ncc3C)c2c1. The third kappa shape index (κ3) is 2.67. The van der Waals surface area contributed by atoms with Gasteiger partial charge in [-0.15, -0.1) is 0 Å². The van der Waals surface area contributed by atoms with Crippen molar-refractivity contribution in [2.45, 2.75) is 32.2 Å². The number of aryl methyl sites for hydroxylation is 1. The Morgan fingerprint density at radius 2 is 2.24 bits per heavy atom. The van der Waals surface area contributed by atoms with Crippen LogP contribution in [0.1, 0.15) is 46.9 Å². The number of hydrogen-bond acceptors (Lipinski definition) is 3. The molecule has 1 fully saturated rings. The lowest BCUT2D eigenvalue weighted by Gasteiger charge is -2.35. The molecule has 1 atom stereocenters. The van der Waals surface area contributed by atoms with Crippen molar-refractivity contribution in [3.63, 3.8) is 0 Å². The molecule has 0 spiro atoms. The Morgan fingerprint density at radius 3 is 3.00 bits per heavy atom. The number of fused-ring (bicyclic) bond motifs is 1. The molecule has 1 amide bonds. The molecule has 0 saturated carbocycles. The van der Waals surface area contributed by atoms with Gasteiger partial charge in [0.2, 0.25) is 0 Å². The number of hydrogen-bond donors (Lipinski definition) is 2. The van der Waals surface area contributed by atoms with Gasteiger partial charge in [-0.3, -0.25) is 9.89 Å². The molecule has 3 aromatic rings. The molecule has 2 aromatic heterocycles. The molecule has 1 saturated heterocycles. The Balaban J connectivity index is 1.72. The quantitative estimate of drug-likeness (QED) is 0.766. The van der Waals surface area contributed by atoms with Crippen molar-refractivity contribution >= 4 is 16.8 Å². The fourth-order valence-corrected chi connectivity index (χ4v) is 3.73. The minimum atomic E-state index is 0.0539. The zero-order valence-electron chi connectivity index (χ0n) is 14.5. The van der Waals surface area contributed by atoms with E-state index in [1.54, 1.807) is 13.3 Å². The number of methoxy groups -OCH3 is 1. The molecular weight excluding hydrogens is 316 g/mol. The Hall–Kier alpha value is -2.76. The summed E-state index contributed by atoms with van der Waals surface area (Å²) >= 11 is 0. The normalized spacial score (nSPS) is 17.8. The average Bonchev–Trinajstić information content (AvgIpc) is 3.26. The Bertz CT molecular complexity index is 911. The van der Waals surface area contributed by atoms with Gasteiger partial charge in [0.1, 0.15) is 5.75 Å².